The predicted octanol–water partition coefficient (Wildman–Crippen LogP) is 2.65. The lowest BCUT2D eigenvalue weighted by Crippen LogP contribution is -2.45. The normalized spacial score (nSPS) is 19.3. The molecule has 1 aliphatic rings. The van der Waals surface area contributed by atoms with Gasteiger partial charge in [0.25, 0.3) is 0 Å². The molecule has 1 aromatic carbocycles. The van der Waals surface area contributed by atoms with E-state index in [0.29, 0.717) is 37.0 Å². The molecule has 1 fully saturated rings. The van der Waals surface area contributed by atoms with Gasteiger partial charge in [0.2, 0.25) is 0 Å². The quantitative estimate of drug-likeness (QED) is 0.569. The number of hydrogen-bond donors (Lipinski definition) is 2. The zero-order valence-corrected chi connectivity index (χ0v) is 17.3. The lowest BCUT2D eigenvalue weighted by Gasteiger charge is -2.21. The van der Waals surface area contributed by atoms with Crippen LogP contribution in [-0.4, -0.2) is 52.9 Å². The van der Waals surface area contributed by atoms with Gasteiger partial charge in [-0.05, 0) is 46.2 Å². The highest BCUT2D eigenvalue weighted by Gasteiger charge is 2.25. The molecule has 2 atom stereocenters. The fourth-order valence-corrected chi connectivity index (χ4v) is 3.76. The number of rotatable bonds is 6. The van der Waals surface area contributed by atoms with Crippen molar-refractivity contribution in [3.05, 3.63) is 29.8 Å². The summed E-state index contributed by atoms with van der Waals surface area (Å²) in [7, 11) is -0.940. The van der Waals surface area contributed by atoms with Crippen molar-refractivity contribution in [1.29, 1.82) is 0 Å². The van der Waals surface area contributed by atoms with Crippen LogP contribution < -0.4 is 15.5 Å². The third kappa shape index (κ3) is 6.45. The lowest BCUT2D eigenvalue weighted by molar-refractivity contribution is 0.580. The van der Waals surface area contributed by atoms with Crippen LogP contribution in [0.1, 0.15) is 34.1 Å². The number of halogens is 2. The SMILES string of the molecule is CCNC(=NCCS(=O)C(C)(C)C)NC1CCN(c2ccc(F)cc2F)C1. The average molecular weight is 401 g/mol. The number of aliphatic imine (C=N–C) groups is 1. The Balaban J connectivity index is 1.93. The van der Waals surface area contributed by atoms with Gasteiger partial charge in [0.15, 0.2) is 5.96 Å². The second-order valence-corrected chi connectivity index (χ2v) is 9.92. The van der Waals surface area contributed by atoms with Gasteiger partial charge < -0.3 is 15.5 Å². The molecular formula is C19H30F2N4OS. The summed E-state index contributed by atoms with van der Waals surface area (Å²) in [5.41, 5.74) is 0.420. The predicted molar refractivity (Wildman–Crippen MR) is 109 cm³/mol. The fraction of sp³-hybridized carbons (Fsp3) is 0.632. The van der Waals surface area contributed by atoms with Crippen molar-refractivity contribution in [2.75, 3.05) is 36.8 Å². The van der Waals surface area contributed by atoms with E-state index in [1.165, 1.54) is 12.1 Å². The van der Waals surface area contributed by atoms with Crippen LogP contribution in [0.25, 0.3) is 0 Å². The van der Waals surface area contributed by atoms with E-state index >= 15 is 0 Å². The molecule has 1 aliphatic heterocycles. The van der Waals surface area contributed by atoms with Gasteiger partial charge in [-0.15, -0.1) is 0 Å². The Morgan fingerprint density at radius 2 is 2.11 bits per heavy atom. The Hall–Kier alpha value is -1.70. The monoisotopic (exact) mass is 400 g/mol. The van der Waals surface area contributed by atoms with Crippen molar-refractivity contribution < 1.29 is 13.0 Å². The number of nitrogens with zero attached hydrogens (tertiary/aromatic N) is 2. The van der Waals surface area contributed by atoms with Crippen molar-refractivity contribution in [3.63, 3.8) is 0 Å². The number of nitrogens with one attached hydrogen (secondary N) is 2. The second kappa shape index (κ2) is 9.48. The average Bonchev–Trinajstić information content (AvgIpc) is 3.02. The summed E-state index contributed by atoms with van der Waals surface area (Å²) in [4.78, 5) is 6.42. The van der Waals surface area contributed by atoms with Crippen molar-refractivity contribution >= 4 is 22.4 Å². The molecule has 1 aromatic rings. The number of anilines is 1. The highest BCUT2D eigenvalue weighted by molar-refractivity contribution is 7.86. The van der Waals surface area contributed by atoms with E-state index in [0.717, 1.165) is 19.0 Å². The minimum Gasteiger partial charge on any atom is -0.367 e. The zero-order valence-electron chi connectivity index (χ0n) is 16.5. The molecule has 0 radical (unpaired) electrons. The molecule has 0 saturated carbocycles. The van der Waals surface area contributed by atoms with Crippen LogP contribution in [-0.2, 0) is 10.8 Å². The maximum atomic E-state index is 14.0. The maximum absolute atomic E-state index is 14.0. The number of guanidine groups is 1. The molecule has 2 unspecified atom stereocenters. The molecule has 152 valence electrons. The summed E-state index contributed by atoms with van der Waals surface area (Å²) in [6.07, 6.45) is 0.829. The van der Waals surface area contributed by atoms with Crippen LogP contribution in [0, 0.1) is 11.6 Å². The largest absolute Gasteiger partial charge is 0.367 e. The standard InChI is InChI=1S/C19H30F2N4OS/c1-5-22-18(23-9-11-27(26)19(2,3)4)24-15-8-10-25(13-15)17-7-6-14(20)12-16(17)21/h6-7,12,15H,5,8-11,13H2,1-4H3,(H2,22,23,24). The summed E-state index contributed by atoms with van der Waals surface area (Å²) in [5.74, 6) is 0.0764. The Morgan fingerprint density at radius 1 is 1.37 bits per heavy atom. The van der Waals surface area contributed by atoms with E-state index in [1.54, 1.807) is 0 Å². The molecule has 8 heteroatoms. The summed E-state index contributed by atoms with van der Waals surface area (Å²) in [5, 5.41) is 6.55. The van der Waals surface area contributed by atoms with Gasteiger partial charge in [-0.25, -0.2) is 8.78 Å². The minimum atomic E-state index is -0.940. The molecular weight excluding hydrogens is 370 g/mol. The third-order valence-corrected chi connectivity index (χ3v) is 6.27. The third-order valence-electron chi connectivity index (χ3n) is 4.35. The van der Waals surface area contributed by atoms with Gasteiger partial charge in [-0.1, -0.05) is 0 Å². The Labute approximate surface area is 163 Å². The molecule has 0 bridgehead atoms. The molecule has 1 saturated heterocycles. The molecule has 2 rings (SSSR count). The first kappa shape index (κ1) is 21.6. The van der Waals surface area contributed by atoms with Gasteiger partial charge in [0.05, 0.1) is 12.2 Å². The van der Waals surface area contributed by atoms with Crippen LogP contribution in [0.3, 0.4) is 0 Å². The maximum Gasteiger partial charge on any atom is 0.191 e. The van der Waals surface area contributed by atoms with Gasteiger partial charge in [0.1, 0.15) is 11.6 Å². The summed E-state index contributed by atoms with van der Waals surface area (Å²) in [6, 6.07) is 3.78. The number of benzene rings is 1. The fourth-order valence-electron chi connectivity index (χ4n) is 2.89. The Bertz CT molecular complexity index is 691. The molecule has 0 amide bonds. The zero-order chi connectivity index (χ0) is 20.0. The smallest absolute Gasteiger partial charge is 0.191 e. The molecule has 0 aromatic heterocycles. The molecule has 1 heterocycles. The van der Waals surface area contributed by atoms with Gasteiger partial charge >= 0.3 is 0 Å². The molecule has 2 N–H and O–H groups in total. The first-order valence-corrected chi connectivity index (χ1v) is 10.7. The molecule has 0 spiro atoms. The summed E-state index contributed by atoms with van der Waals surface area (Å²) < 4.78 is 39.0. The number of hydrogen-bond acceptors (Lipinski definition) is 3. The van der Waals surface area contributed by atoms with Gasteiger partial charge in [0, 0.05) is 53.0 Å². The minimum absolute atomic E-state index is 0.111. The Morgan fingerprint density at radius 3 is 2.74 bits per heavy atom. The van der Waals surface area contributed by atoms with Crippen LogP contribution in [0.2, 0.25) is 0 Å². The molecule has 5 nitrogen and oxygen atoms in total. The highest BCUT2D eigenvalue weighted by atomic mass is 32.2. The Kier molecular flexibility index (Phi) is 7.59. The van der Waals surface area contributed by atoms with E-state index in [9.17, 15) is 13.0 Å². The second-order valence-electron chi connectivity index (χ2n) is 7.59. The van der Waals surface area contributed by atoms with Crippen LogP contribution >= 0.6 is 0 Å². The lowest BCUT2D eigenvalue weighted by atomic mass is 10.2. The van der Waals surface area contributed by atoms with E-state index in [-0.39, 0.29) is 10.8 Å². The highest BCUT2D eigenvalue weighted by Crippen LogP contribution is 2.24. The van der Waals surface area contributed by atoms with Crippen LogP contribution in [0.4, 0.5) is 14.5 Å². The van der Waals surface area contributed by atoms with Crippen LogP contribution in [0.5, 0.6) is 0 Å². The van der Waals surface area contributed by atoms with E-state index in [1.807, 2.05) is 32.6 Å². The van der Waals surface area contributed by atoms with Crippen LogP contribution in [0.15, 0.2) is 23.2 Å². The topological polar surface area (TPSA) is 56.7 Å². The van der Waals surface area contributed by atoms with Gasteiger partial charge in [-0.3, -0.25) is 9.20 Å². The van der Waals surface area contributed by atoms with Gasteiger partial charge in [-0.2, -0.15) is 0 Å². The van der Waals surface area contributed by atoms with E-state index < -0.39 is 22.4 Å². The van der Waals surface area contributed by atoms with E-state index in [4.69, 9.17) is 0 Å². The summed E-state index contributed by atoms with van der Waals surface area (Å²) in [6.45, 7) is 10.3. The first-order valence-electron chi connectivity index (χ1n) is 9.34. The van der Waals surface area contributed by atoms with Crippen molar-refractivity contribution in [1.82, 2.24) is 10.6 Å². The molecule has 27 heavy (non-hydrogen) atoms. The van der Waals surface area contributed by atoms with Crippen molar-refractivity contribution in [3.8, 4) is 0 Å². The summed E-state index contributed by atoms with van der Waals surface area (Å²) >= 11 is 0. The van der Waals surface area contributed by atoms with Crippen molar-refractivity contribution in [2.45, 2.75) is 44.9 Å². The van der Waals surface area contributed by atoms with E-state index in [2.05, 4.69) is 15.6 Å². The molecule has 0 aliphatic carbocycles. The van der Waals surface area contributed by atoms with Crippen molar-refractivity contribution in [2.24, 2.45) is 4.99 Å². The first-order chi connectivity index (χ1) is 12.7.